The van der Waals surface area contributed by atoms with Crippen molar-refractivity contribution in [3.63, 3.8) is 0 Å². The molecule has 5 nitrogen and oxygen atoms in total. The van der Waals surface area contributed by atoms with Crippen LogP contribution in [-0.4, -0.2) is 11.7 Å². The summed E-state index contributed by atoms with van der Waals surface area (Å²) in [5, 5.41) is 15.0. The molecule has 0 aliphatic rings. The summed E-state index contributed by atoms with van der Waals surface area (Å²) in [7, 11) is 0. The molecule has 2 rings (SSSR count). The van der Waals surface area contributed by atoms with E-state index in [0.717, 1.165) is 0 Å². The van der Waals surface area contributed by atoms with Crippen molar-refractivity contribution in [2.24, 2.45) is 0 Å². The number of carbonyl (C=O) groups is 2. The molecule has 1 amide bonds. The van der Waals surface area contributed by atoms with Gasteiger partial charge in [0.1, 0.15) is 11.6 Å². The van der Waals surface area contributed by atoms with E-state index in [4.69, 9.17) is 23.2 Å². The van der Waals surface area contributed by atoms with Gasteiger partial charge in [-0.25, -0.2) is 0 Å². The monoisotopic (exact) mass is 373 g/mol. The number of rotatable bonds is 5. The number of ketones is 1. The molecule has 0 radical (unpaired) electrons. The van der Waals surface area contributed by atoms with E-state index >= 15 is 0 Å². The van der Waals surface area contributed by atoms with Gasteiger partial charge in [-0.3, -0.25) is 9.59 Å². The number of halogens is 2. The molecule has 2 aromatic rings. The maximum Gasteiger partial charge on any atom is 0.267 e. The van der Waals surface area contributed by atoms with Gasteiger partial charge in [0.2, 0.25) is 0 Å². The summed E-state index contributed by atoms with van der Waals surface area (Å²) in [6, 6.07) is 13.3. The minimum absolute atomic E-state index is 0.0439. The third-order valence-corrected chi connectivity index (χ3v) is 4.06. The van der Waals surface area contributed by atoms with Crippen molar-refractivity contribution in [2.75, 3.05) is 10.6 Å². The van der Waals surface area contributed by atoms with Crippen LogP contribution >= 0.6 is 23.2 Å². The van der Waals surface area contributed by atoms with Gasteiger partial charge in [-0.1, -0.05) is 29.3 Å². The number of amides is 1. The standard InChI is InChI=1S/C18H13Cl2N3O2/c1-11(24)12-5-7-14(8-6-12)22-10-13(9-21)18(25)23-16-4-2-3-15(19)17(16)20/h2-8,10,22H,1H3,(H,23,25)/b13-10-. The smallest absolute Gasteiger partial charge is 0.267 e. The average molecular weight is 374 g/mol. The van der Waals surface area contributed by atoms with Crippen molar-refractivity contribution < 1.29 is 9.59 Å². The molecule has 0 aliphatic carbocycles. The molecule has 0 aromatic heterocycles. The number of anilines is 2. The van der Waals surface area contributed by atoms with E-state index in [0.29, 0.717) is 22.0 Å². The van der Waals surface area contributed by atoms with Gasteiger partial charge in [-0.2, -0.15) is 5.26 Å². The molecule has 0 fully saturated rings. The molecule has 0 saturated heterocycles. The minimum Gasteiger partial charge on any atom is -0.360 e. The molecule has 25 heavy (non-hydrogen) atoms. The predicted octanol–water partition coefficient (Wildman–Crippen LogP) is 4.65. The Morgan fingerprint density at radius 1 is 1.12 bits per heavy atom. The number of hydrogen-bond donors (Lipinski definition) is 2. The van der Waals surface area contributed by atoms with Gasteiger partial charge in [0.25, 0.3) is 5.91 Å². The van der Waals surface area contributed by atoms with Crippen molar-refractivity contribution in [1.29, 1.82) is 5.26 Å². The Morgan fingerprint density at radius 2 is 1.80 bits per heavy atom. The molecule has 0 bridgehead atoms. The van der Waals surface area contributed by atoms with Gasteiger partial charge >= 0.3 is 0 Å². The van der Waals surface area contributed by atoms with Crippen LogP contribution in [0.4, 0.5) is 11.4 Å². The molecule has 0 unspecified atom stereocenters. The predicted molar refractivity (Wildman–Crippen MR) is 98.9 cm³/mol. The lowest BCUT2D eigenvalue weighted by Gasteiger charge is -2.08. The molecule has 0 atom stereocenters. The number of carbonyl (C=O) groups excluding carboxylic acids is 2. The lowest BCUT2D eigenvalue weighted by atomic mass is 10.1. The van der Waals surface area contributed by atoms with Crippen LogP contribution in [0.15, 0.2) is 54.2 Å². The minimum atomic E-state index is -0.625. The SMILES string of the molecule is CC(=O)c1ccc(N/C=C(/C#N)C(=O)Nc2cccc(Cl)c2Cl)cc1. The molecule has 0 aliphatic heterocycles. The van der Waals surface area contributed by atoms with E-state index in [2.05, 4.69) is 10.6 Å². The highest BCUT2D eigenvalue weighted by Gasteiger charge is 2.12. The zero-order valence-corrected chi connectivity index (χ0v) is 14.7. The molecule has 2 aromatic carbocycles. The molecule has 0 spiro atoms. The second-order valence-electron chi connectivity index (χ2n) is 5.00. The number of nitrogens with zero attached hydrogens (tertiary/aromatic N) is 1. The van der Waals surface area contributed by atoms with E-state index in [-0.39, 0.29) is 16.4 Å². The summed E-state index contributed by atoms with van der Waals surface area (Å²) >= 11 is 11.9. The first-order valence-electron chi connectivity index (χ1n) is 7.15. The van der Waals surface area contributed by atoms with Gasteiger partial charge in [-0.15, -0.1) is 0 Å². The van der Waals surface area contributed by atoms with Crippen molar-refractivity contribution in [3.05, 3.63) is 69.8 Å². The Bertz CT molecular complexity index is 884. The summed E-state index contributed by atoms with van der Waals surface area (Å²) in [4.78, 5) is 23.4. The van der Waals surface area contributed by atoms with Crippen LogP contribution in [0.5, 0.6) is 0 Å². The molecule has 7 heteroatoms. The number of benzene rings is 2. The highest BCUT2D eigenvalue weighted by atomic mass is 35.5. The third kappa shape index (κ3) is 4.83. The van der Waals surface area contributed by atoms with Crippen molar-refractivity contribution in [3.8, 4) is 6.07 Å². The Hall–Kier alpha value is -2.81. The lowest BCUT2D eigenvalue weighted by Crippen LogP contribution is -2.15. The third-order valence-electron chi connectivity index (χ3n) is 3.24. The van der Waals surface area contributed by atoms with Crippen LogP contribution < -0.4 is 10.6 Å². The summed E-state index contributed by atoms with van der Waals surface area (Å²) < 4.78 is 0. The van der Waals surface area contributed by atoms with Crippen molar-refractivity contribution in [1.82, 2.24) is 0 Å². The maximum atomic E-state index is 12.2. The molecule has 126 valence electrons. The summed E-state index contributed by atoms with van der Waals surface area (Å²) in [5.41, 5.74) is 1.37. The Labute approximate surface area is 154 Å². The van der Waals surface area contributed by atoms with Crippen LogP contribution in [-0.2, 0) is 4.79 Å². The molecular formula is C18H13Cl2N3O2. The zero-order chi connectivity index (χ0) is 18.4. The molecule has 2 N–H and O–H groups in total. The van der Waals surface area contributed by atoms with Crippen LogP contribution in [0.25, 0.3) is 0 Å². The fourth-order valence-corrected chi connectivity index (χ4v) is 2.24. The van der Waals surface area contributed by atoms with E-state index in [1.54, 1.807) is 42.5 Å². The molecular weight excluding hydrogens is 361 g/mol. The number of Topliss-reactive ketones (excluding diaryl/α,β-unsaturated/α-hetero) is 1. The fourth-order valence-electron chi connectivity index (χ4n) is 1.90. The average Bonchev–Trinajstić information content (AvgIpc) is 2.60. The van der Waals surface area contributed by atoms with Gasteiger partial charge in [0, 0.05) is 17.5 Å². The maximum absolute atomic E-state index is 12.2. The van der Waals surface area contributed by atoms with Gasteiger partial charge in [0.05, 0.1) is 15.7 Å². The topological polar surface area (TPSA) is 82.0 Å². The first-order valence-corrected chi connectivity index (χ1v) is 7.91. The van der Waals surface area contributed by atoms with Gasteiger partial charge < -0.3 is 10.6 Å². The lowest BCUT2D eigenvalue weighted by molar-refractivity contribution is -0.112. The number of hydrogen-bond acceptors (Lipinski definition) is 4. The largest absolute Gasteiger partial charge is 0.360 e. The second kappa shape index (κ2) is 8.34. The number of nitrogens with one attached hydrogen (secondary N) is 2. The summed E-state index contributed by atoms with van der Waals surface area (Å²) in [5.74, 6) is -0.669. The van der Waals surface area contributed by atoms with Gasteiger partial charge in [0.15, 0.2) is 5.78 Å². The first-order chi connectivity index (χ1) is 11.9. The fraction of sp³-hybridized carbons (Fsp3) is 0.0556. The van der Waals surface area contributed by atoms with E-state index < -0.39 is 5.91 Å². The Kier molecular flexibility index (Phi) is 6.18. The van der Waals surface area contributed by atoms with E-state index in [1.807, 2.05) is 6.07 Å². The summed E-state index contributed by atoms with van der Waals surface area (Å²) in [6.45, 7) is 1.47. The normalized spacial score (nSPS) is 10.7. The Morgan fingerprint density at radius 3 is 2.40 bits per heavy atom. The van der Waals surface area contributed by atoms with Crippen molar-refractivity contribution in [2.45, 2.75) is 6.92 Å². The first kappa shape index (κ1) is 18.5. The van der Waals surface area contributed by atoms with Crippen LogP contribution in [0.3, 0.4) is 0 Å². The second-order valence-corrected chi connectivity index (χ2v) is 5.79. The highest BCUT2D eigenvalue weighted by Crippen LogP contribution is 2.29. The van der Waals surface area contributed by atoms with Crippen LogP contribution in [0, 0.1) is 11.3 Å². The molecule has 0 heterocycles. The zero-order valence-electron chi connectivity index (χ0n) is 13.1. The van der Waals surface area contributed by atoms with Crippen LogP contribution in [0.2, 0.25) is 10.0 Å². The number of nitriles is 1. The Balaban J connectivity index is 2.11. The van der Waals surface area contributed by atoms with Crippen LogP contribution in [0.1, 0.15) is 17.3 Å². The molecule has 0 saturated carbocycles. The van der Waals surface area contributed by atoms with E-state index in [9.17, 15) is 14.9 Å². The van der Waals surface area contributed by atoms with Gasteiger partial charge in [-0.05, 0) is 43.3 Å². The summed E-state index contributed by atoms with van der Waals surface area (Å²) in [6.07, 6.45) is 1.27. The van der Waals surface area contributed by atoms with Crippen molar-refractivity contribution >= 4 is 46.3 Å². The van der Waals surface area contributed by atoms with E-state index in [1.165, 1.54) is 13.1 Å². The quantitative estimate of drug-likeness (QED) is 0.453. The highest BCUT2D eigenvalue weighted by molar-refractivity contribution is 6.44.